The second-order valence-corrected chi connectivity index (χ2v) is 5.45. The normalized spacial score (nSPS) is 11.3. The molecule has 0 aliphatic rings. The van der Waals surface area contributed by atoms with Crippen LogP contribution < -0.4 is 4.74 Å². The van der Waals surface area contributed by atoms with E-state index >= 15 is 0 Å². The van der Waals surface area contributed by atoms with Crippen LogP contribution in [0.4, 0.5) is 0 Å². The molecule has 0 fully saturated rings. The molecule has 0 heterocycles. The summed E-state index contributed by atoms with van der Waals surface area (Å²) in [6, 6.07) is 8.32. The van der Waals surface area contributed by atoms with Crippen LogP contribution in [0.1, 0.15) is 5.56 Å². The van der Waals surface area contributed by atoms with E-state index in [1.54, 1.807) is 12.1 Å². The fraction of sp³-hybridized carbons (Fsp3) is 0.400. The first-order chi connectivity index (χ1) is 6.47. The highest BCUT2D eigenvalue weighted by Gasteiger charge is 2.02. The molecule has 14 heavy (non-hydrogen) atoms. The number of sulfone groups is 1. The van der Waals surface area contributed by atoms with E-state index in [0.29, 0.717) is 5.75 Å². The van der Waals surface area contributed by atoms with Gasteiger partial charge in [-0.1, -0.05) is 6.07 Å². The Bertz CT molecular complexity index is 396. The number of hydrogen-bond acceptors (Lipinski definition) is 3. The monoisotopic (exact) mass is 213 g/mol. The quantitative estimate of drug-likeness (QED) is 0.755. The highest BCUT2D eigenvalue weighted by Crippen LogP contribution is 2.11. The molecule has 0 spiro atoms. The van der Waals surface area contributed by atoms with Gasteiger partial charge in [-0.3, -0.25) is 0 Å². The number of benzene rings is 1. The van der Waals surface area contributed by atoms with Gasteiger partial charge in [-0.05, 0) is 30.7 Å². The summed E-state index contributed by atoms with van der Waals surface area (Å²) >= 11 is 0. The van der Waals surface area contributed by atoms with Crippen molar-refractivity contribution in [2.24, 2.45) is 0 Å². The molecule has 0 N–H and O–H groups in total. The molecule has 0 bridgehead atoms. The molecular weight excluding hydrogens is 200 g/mol. The van der Waals surface area contributed by atoms with Gasteiger partial charge in [0.15, 0.2) is 9.84 Å². The van der Waals surface area contributed by atoms with Gasteiger partial charge in [-0.25, -0.2) is 8.42 Å². The summed E-state index contributed by atoms with van der Waals surface area (Å²) < 4.78 is 26.9. The van der Waals surface area contributed by atoms with Gasteiger partial charge in [0.05, 0.1) is 5.75 Å². The molecule has 0 atom stereocenters. The van der Waals surface area contributed by atoms with Crippen molar-refractivity contribution in [2.45, 2.75) is 6.92 Å². The van der Waals surface area contributed by atoms with Gasteiger partial charge in [0, 0.05) is 6.26 Å². The fourth-order valence-electron chi connectivity index (χ4n) is 0.959. The maximum Gasteiger partial charge on any atom is 0.150 e. The summed E-state index contributed by atoms with van der Waals surface area (Å²) in [5, 5.41) is 0. The molecule has 0 aliphatic carbocycles. The predicted molar refractivity (Wildman–Crippen MR) is 55.2 cm³/mol. The standard InChI is InChI=1S/C10H13O3S/c1-9-4-3-5-10(8-9)13-6-7-14(2,11)12/h3,5,8H,6-7H2,1-2H3. The van der Waals surface area contributed by atoms with Crippen molar-refractivity contribution >= 4 is 9.84 Å². The van der Waals surface area contributed by atoms with Gasteiger partial charge in [-0.2, -0.15) is 0 Å². The lowest BCUT2D eigenvalue weighted by molar-refractivity contribution is 0.341. The van der Waals surface area contributed by atoms with E-state index in [1.807, 2.05) is 13.0 Å². The van der Waals surface area contributed by atoms with Crippen LogP contribution >= 0.6 is 0 Å². The highest BCUT2D eigenvalue weighted by atomic mass is 32.2. The lowest BCUT2D eigenvalue weighted by atomic mass is 10.2. The van der Waals surface area contributed by atoms with Gasteiger partial charge in [-0.15, -0.1) is 0 Å². The molecule has 3 nitrogen and oxygen atoms in total. The van der Waals surface area contributed by atoms with Crippen LogP contribution in [0.15, 0.2) is 18.2 Å². The van der Waals surface area contributed by atoms with Gasteiger partial charge in [0.1, 0.15) is 12.4 Å². The number of ether oxygens (including phenoxy) is 1. The van der Waals surface area contributed by atoms with E-state index < -0.39 is 9.84 Å². The zero-order valence-corrected chi connectivity index (χ0v) is 9.10. The van der Waals surface area contributed by atoms with Gasteiger partial charge in [0.2, 0.25) is 0 Å². The predicted octanol–water partition coefficient (Wildman–Crippen LogP) is 1.22. The second-order valence-electron chi connectivity index (χ2n) is 3.19. The first-order valence-electron chi connectivity index (χ1n) is 4.26. The SMILES string of the molecule is Cc1[c]ccc(OCCS(C)(=O)=O)c1. The Labute approximate surface area is 84.6 Å². The van der Waals surface area contributed by atoms with E-state index in [9.17, 15) is 8.42 Å². The van der Waals surface area contributed by atoms with Crippen molar-refractivity contribution in [3.05, 3.63) is 29.8 Å². The van der Waals surface area contributed by atoms with Crippen LogP contribution in [0.25, 0.3) is 0 Å². The largest absolute Gasteiger partial charge is 0.493 e. The van der Waals surface area contributed by atoms with Crippen molar-refractivity contribution in [3.63, 3.8) is 0 Å². The molecule has 1 radical (unpaired) electrons. The molecule has 4 heteroatoms. The Morgan fingerprint density at radius 2 is 2.21 bits per heavy atom. The highest BCUT2D eigenvalue weighted by molar-refractivity contribution is 7.90. The van der Waals surface area contributed by atoms with Crippen molar-refractivity contribution in [2.75, 3.05) is 18.6 Å². The minimum Gasteiger partial charge on any atom is -0.493 e. The second kappa shape index (κ2) is 4.46. The molecule has 0 aromatic heterocycles. The van der Waals surface area contributed by atoms with Crippen LogP contribution in [0.3, 0.4) is 0 Å². The molecule has 0 aliphatic heterocycles. The van der Waals surface area contributed by atoms with E-state index in [1.165, 1.54) is 6.26 Å². The topological polar surface area (TPSA) is 43.4 Å². The summed E-state index contributed by atoms with van der Waals surface area (Å²) in [6.45, 7) is 2.10. The van der Waals surface area contributed by atoms with Crippen LogP contribution in [0, 0.1) is 13.0 Å². The number of aryl methyl sites for hydroxylation is 1. The molecule has 0 saturated heterocycles. The first-order valence-corrected chi connectivity index (χ1v) is 6.32. The third-order valence-corrected chi connectivity index (χ3v) is 2.55. The summed E-state index contributed by atoms with van der Waals surface area (Å²) in [5.74, 6) is 0.731. The third-order valence-electron chi connectivity index (χ3n) is 1.64. The summed E-state index contributed by atoms with van der Waals surface area (Å²) in [4.78, 5) is 0. The number of hydrogen-bond donors (Lipinski definition) is 0. The van der Waals surface area contributed by atoms with E-state index in [-0.39, 0.29) is 12.4 Å². The van der Waals surface area contributed by atoms with Gasteiger partial charge in [0.25, 0.3) is 0 Å². The Kier molecular flexibility index (Phi) is 3.52. The molecule has 1 rings (SSSR count). The molecular formula is C10H13O3S. The van der Waals surface area contributed by atoms with Crippen molar-refractivity contribution in [1.82, 2.24) is 0 Å². The Balaban J connectivity index is 2.47. The molecule has 77 valence electrons. The van der Waals surface area contributed by atoms with Crippen LogP contribution in [-0.4, -0.2) is 27.0 Å². The molecule has 0 amide bonds. The number of rotatable bonds is 4. The summed E-state index contributed by atoms with van der Waals surface area (Å²) in [5.41, 5.74) is 0.974. The van der Waals surface area contributed by atoms with Crippen LogP contribution in [0.2, 0.25) is 0 Å². The Hall–Kier alpha value is -1.03. The third kappa shape index (κ3) is 4.28. The van der Waals surface area contributed by atoms with Gasteiger partial charge >= 0.3 is 0 Å². The molecule has 1 aromatic carbocycles. The zero-order chi connectivity index (χ0) is 10.6. The molecule has 0 unspecified atom stereocenters. The summed E-state index contributed by atoms with van der Waals surface area (Å²) in [6.07, 6.45) is 1.19. The van der Waals surface area contributed by atoms with Crippen LogP contribution in [-0.2, 0) is 9.84 Å². The average Bonchev–Trinajstić information content (AvgIpc) is 2.01. The lowest BCUT2D eigenvalue weighted by Crippen LogP contribution is -2.11. The Morgan fingerprint density at radius 1 is 1.50 bits per heavy atom. The Morgan fingerprint density at radius 3 is 2.79 bits per heavy atom. The van der Waals surface area contributed by atoms with Gasteiger partial charge < -0.3 is 4.74 Å². The van der Waals surface area contributed by atoms with E-state index in [4.69, 9.17) is 4.74 Å². The fourth-order valence-corrected chi connectivity index (χ4v) is 1.35. The summed E-state index contributed by atoms with van der Waals surface area (Å²) in [7, 11) is -2.94. The molecule has 1 aromatic rings. The zero-order valence-electron chi connectivity index (χ0n) is 8.28. The maximum atomic E-state index is 10.8. The minimum absolute atomic E-state index is 0.0463. The smallest absolute Gasteiger partial charge is 0.150 e. The minimum atomic E-state index is -2.94. The van der Waals surface area contributed by atoms with E-state index in [2.05, 4.69) is 6.07 Å². The average molecular weight is 213 g/mol. The van der Waals surface area contributed by atoms with Crippen LogP contribution in [0.5, 0.6) is 5.75 Å². The van der Waals surface area contributed by atoms with Crippen molar-refractivity contribution in [1.29, 1.82) is 0 Å². The van der Waals surface area contributed by atoms with Crippen molar-refractivity contribution in [3.8, 4) is 5.75 Å². The first kappa shape index (κ1) is 11.0. The van der Waals surface area contributed by atoms with Crippen molar-refractivity contribution < 1.29 is 13.2 Å². The maximum absolute atomic E-state index is 10.8. The van der Waals surface area contributed by atoms with E-state index in [0.717, 1.165) is 5.56 Å². The molecule has 0 saturated carbocycles. The lowest BCUT2D eigenvalue weighted by Gasteiger charge is -2.05.